The first-order chi connectivity index (χ1) is 9.05. The highest BCUT2D eigenvalue weighted by Crippen LogP contribution is 2.30. The zero-order valence-electron chi connectivity index (χ0n) is 12.1. The van der Waals surface area contributed by atoms with Crippen molar-refractivity contribution in [2.75, 3.05) is 32.6 Å². The summed E-state index contributed by atoms with van der Waals surface area (Å²) in [5, 5.41) is 0. The Morgan fingerprint density at radius 1 is 1.21 bits per heavy atom. The number of nitrogens with zero attached hydrogens (tertiary/aromatic N) is 1. The first-order valence-electron chi connectivity index (χ1n) is 6.78. The molecule has 0 bridgehead atoms. The summed E-state index contributed by atoms with van der Waals surface area (Å²) in [6, 6.07) is 8.61. The van der Waals surface area contributed by atoms with Gasteiger partial charge in [0, 0.05) is 29.6 Å². The maximum atomic E-state index is 6.51. The quantitative estimate of drug-likeness (QED) is 0.860. The van der Waals surface area contributed by atoms with Gasteiger partial charge in [0.1, 0.15) is 0 Å². The number of morpholine rings is 1. The SMILES string of the molecule is CSc1ccc([C@@H](N)C(C)(C)N2CCOCC2)cc1. The van der Waals surface area contributed by atoms with E-state index >= 15 is 0 Å². The number of hydrogen-bond acceptors (Lipinski definition) is 4. The van der Waals surface area contributed by atoms with Crippen LogP contribution in [0, 0.1) is 0 Å². The molecule has 0 saturated carbocycles. The van der Waals surface area contributed by atoms with E-state index in [1.165, 1.54) is 10.5 Å². The fourth-order valence-electron chi connectivity index (χ4n) is 2.56. The molecule has 3 nitrogen and oxygen atoms in total. The molecule has 4 heteroatoms. The maximum absolute atomic E-state index is 6.51. The number of thioether (sulfide) groups is 1. The second-order valence-electron chi connectivity index (χ2n) is 5.50. The molecule has 19 heavy (non-hydrogen) atoms. The minimum atomic E-state index is -0.0509. The molecule has 0 radical (unpaired) electrons. The standard InChI is InChI=1S/C15H24N2OS/c1-15(2,17-8-10-18-11-9-17)14(16)12-4-6-13(19-3)7-5-12/h4-7,14H,8-11,16H2,1-3H3/t14-/m1/s1. The lowest BCUT2D eigenvalue weighted by atomic mass is 9.87. The zero-order valence-corrected chi connectivity index (χ0v) is 12.9. The largest absolute Gasteiger partial charge is 0.379 e. The van der Waals surface area contributed by atoms with E-state index < -0.39 is 0 Å². The normalized spacial score (nSPS) is 19.4. The number of rotatable bonds is 4. The second kappa shape index (κ2) is 6.27. The molecule has 0 unspecified atom stereocenters. The minimum Gasteiger partial charge on any atom is -0.379 e. The van der Waals surface area contributed by atoms with Gasteiger partial charge in [0.25, 0.3) is 0 Å². The summed E-state index contributed by atoms with van der Waals surface area (Å²) in [5.74, 6) is 0. The monoisotopic (exact) mass is 280 g/mol. The van der Waals surface area contributed by atoms with Crippen LogP contribution in [-0.4, -0.2) is 43.0 Å². The zero-order chi connectivity index (χ0) is 13.9. The molecular weight excluding hydrogens is 256 g/mol. The summed E-state index contributed by atoms with van der Waals surface area (Å²) in [7, 11) is 0. The highest BCUT2D eigenvalue weighted by atomic mass is 32.2. The van der Waals surface area contributed by atoms with Crippen LogP contribution in [0.4, 0.5) is 0 Å². The average Bonchev–Trinajstić information content (AvgIpc) is 2.47. The number of hydrogen-bond donors (Lipinski definition) is 1. The summed E-state index contributed by atoms with van der Waals surface area (Å²) in [6.45, 7) is 7.99. The third-order valence-electron chi connectivity index (χ3n) is 4.06. The Balaban J connectivity index is 2.13. The van der Waals surface area contributed by atoms with Crippen LogP contribution in [0.5, 0.6) is 0 Å². The highest BCUT2D eigenvalue weighted by Gasteiger charge is 2.34. The predicted molar refractivity (Wildman–Crippen MR) is 81.6 cm³/mol. The van der Waals surface area contributed by atoms with E-state index in [0.717, 1.165) is 26.3 Å². The first-order valence-corrected chi connectivity index (χ1v) is 8.00. The lowest BCUT2D eigenvalue weighted by Crippen LogP contribution is -2.55. The van der Waals surface area contributed by atoms with Gasteiger partial charge in [-0.15, -0.1) is 11.8 Å². The van der Waals surface area contributed by atoms with E-state index in [1.54, 1.807) is 11.8 Å². The van der Waals surface area contributed by atoms with Gasteiger partial charge < -0.3 is 10.5 Å². The van der Waals surface area contributed by atoms with Gasteiger partial charge in [-0.25, -0.2) is 0 Å². The molecule has 1 fully saturated rings. The van der Waals surface area contributed by atoms with Crippen LogP contribution >= 0.6 is 11.8 Å². The highest BCUT2D eigenvalue weighted by molar-refractivity contribution is 7.98. The lowest BCUT2D eigenvalue weighted by Gasteiger charge is -2.44. The smallest absolute Gasteiger partial charge is 0.0594 e. The van der Waals surface area contributed by atoms with Crippen LogP contribution in [0.15, 0.2) is 29.2 Å². The third-order valence-corrected chi connectivity index (χ3v) is 4.81. The third kappa shape index (κ3) is 3.31. The number of ether oxygens (including phenoxy) is 1. The Labute approximate surface area is 120 Å². The molecule has 1 aliphatic rings. The molecule has 0 aliphatic carbocycles. The Hall–Kier alpha value is -0.550. The van der Waals surface area contributed by atoms with Gasteiger partial charge in [-0.3, -0.25) is 4.90 Å². The van der Waals surface area contributed by atoms with E-state index in [9.17, 15) is 0 Å². The van der Waals surface area contributed by atoms with Crippen molar-refractivity contribution in [2.45, 2.75) is 30.3 Å². The van der Waals surface area contributed by atoms with Gasteiger partial charge in [-0.2, -0.15) is 0 Å². The van der Waals surface area contributed by atoms with Crippen molar-refractivity contribution in [3.63, 3.8) is 0 Å². The molecule has 0 amide bonds. The predicted octanol–water partition coefficient (Wildman–Crippen LogP) is 2.52. The molecule has 1 heterocycles. The topological polar surface area (TPSA) is 38.5 Å². The van der Waals surface area contributed by atoms with Gasteiger partial charge in [-0.1, -0.05) is 12.1 Å². The van der Waals surface area contributed by atoms with Gasteiger partial charge in [-0.05, 0) is 37.8 Å². The molecule has 2 rings (SSSR count). The summed E-state index contributed by atoms with van der Waals surface area (Å²) >= 11 is 1.76. The molecule has 2 N–H and O–H groups in total. The van der Waals surface area contributed by atoms with E-state index in [1.807, 2.05) is 0 Å². The Morgan fingerprint density at radius 2 is 1.79 bits per heavy atom. The van der Waals surface area contributed by atoms with E-state index in [-0.39, 0.29) is 11.6 Å². The van der Waals surface area contributed by atoms with Crippen LogP contribution in [0.3, 0.4) is 0 Å². The van der Waals surface area contributed by atoms with E-state index in [4.69, 9.17) is 10.5 Å². The Morgan fingerprint density at radius 3 is 2.32 bits per heavy atom. The van der Waals surface area contributed by atoms with Gasteiger partial charge in [0.05, 0.1) is 13.2 Å². The van der Waals surface area contributed by atoms with Crippen molar-refractivity contribution in [1.29, 1.82) is 0 Å². The molecule has 1 aromatic carbocycles. The lowest BCUT2D eigenvalue weighted by molar-refractivity contribution is -0.0190. The second-order valence-corrected chi connectivity index (χ2v) is 6.38. The summed E-state index contributed by atoms with van der Waals surface area (Å²) in [6.07, 6.45) is 2.09. The van der Waals surface area contributed by atoms with Gasteiger partial charge in [0.2, 0.25) is 0 Å². The van der Waals surface area contributed by atoms with Crippen molar-refractivity contribution in [2.24, 2.45) is 5.73 Å². The van der Waals surface area contributed by atoms with Crippen LogP contribution < -0.4 is 5.73 Å². The van der Waals surface area contributed by atoms with Crippen LogP contribution in [0.2, 0.25) is 0 Å². The summed E-state index contributed by atoms with van der Waals surface area (Å²) in [4.78, 5) is 3.71. The maximum Gasteiger partial charge on any atom is 0.0594 e. The molecule has 1 aliphatic heterocycles. The molecule has 106 valence electrons. The van der Waals surface area contributed by atoms with Crippen LogP contribution in [-0.2, 0) is 4.74 Å². The van der Waals surface area contributed by atoms with Crippen molar-refractivity contribution in [3.8, 4) is 0 Å². The van der Waals surface area contributed by atoms with Crippen molar-refractivity contribution >= 4 is 11.8 Å². The summed E-state index contributed by atoms with van der Waals surface area (Å²) in [5.41, 5.74) is 7.66. The van der Waals surface area contributed by atoms with Crippen molar-refractivity contribution in [1.82, 2.24) is 4.90 Å². The van der Waals surface area contributed by atoms with E-state index in [0.29, 0.717) is 0 Å². The van der Waals surface area contributed by atoms with Crippen molar-refractivity contribution < 1.29 is 4.74 Å². The van der Waals surface area contributed by atoms with Crippen LogP contribution in [0.25, 0.3) is 0 Å². The molecule has 0 spiro atoms. The molecule has 1 aromatic rings. The molecule has 0 aromatic heterocycles. The molecular formula is C15H24N2OS. The minimum absolute atomic E-state index is 0.0153. The van der Waals surface area contributed by atoms with Crippen molar-refractivity contribution in [3.05, 3.63) is 29.8 Å². The number of benzene rings is 1. The first kappa shape index (κ1) is 14.9. The molecule has 1 atom stereocenters. The fourth-order valence-corrected chi connectivity index (χ4v) is 2.96. The van der Waals surface area contributed by atoms with Gasteiger partial charge >= 0.3 is 0 Å². The Kier molecular flexibility index (Phi) is 4.90. The number of nitrogens with two attached hydrogens (primary N) is 1. The van der Waals surface area contributed by atoms with Gasteiger partial charge in [0.15, 0.2) is 0 Å². The molecule has 1 saturated heterocycles. The Bertz CT molecular complexity index is 399. The average molecular weight is 280 g/mol. The van der Waals surface area contributed by atoms with E-state index in [2.05, 4.69) is 49.3 Å². The summed E-state index contributed by atoms with van der Waals surface area (Å²) < 4.78 is 5.43. The fraction of sp³-hybridized carbons (Fsp3) is 0.600. The van der Waals surface area contributed by atoms with Crippen LogP contribution in [0.1, 0.15) is 25.5 Å².